The summed E-state index contributed by atoms with van der Waals surface area (Å²) >= 11 is 1.41. The maximum atomic E-state index is 11.9. The molecular weight excluding hydrogens is 286 g/mol. The quantitative estimate of drug-likeness (QED) is 0.880. The smallest absolute Gasteiger partial charge is 0.339 e. The van der Waals surface area contributed by atoms with Gasteiger partial charge in [-0.15, -0.1) is 0 Å². The number of hydrogen-bond acceptors (Lipinski definition) is 4. The molecule has 0 aliphatic rings. The molecule has 1 N–H and O–H groups in total. The number of benzene rings is 1. The molecule has 0 radical (unpaired) electrons. The molecule has 0 aliphatic heterocycles. The van der Waals surface area contributed by atoms with Crippen LogP contribution in [0, 0.1) is 20.8 Å². The minimum Gasteiger partial charge on any atom is -0.452 e. The predicted molar refractivity (Wildman–Crippen MR) is 83.9 cm³/mol. The summed E-state index contributed by atoms with van der Waals surface area (Å²) < 4.78 is 4.98. The number of carbonyl (C=O) groups is 2. The fourth-order valence-electron chi connectivity index (χ4n) is 2.15. The lowest BCUT2D eigenvalue weighted by Gasteiger charge is -2.12. The maximum absolute atomic E-state index is 11.9. The molecule has 0 saturated carbocycles. The van der Waals surface area contributed by atoms with Gasteiger partial charge >= 0.3 is 5.97 Å². The third kappa shape index (κ3) is 3.92. The van der Waals surface area contributed by atoms with Crippen LogP contribution in [0.15, 0.2) is 29.0 Å². The van der Waals surface area contributed by atoms with Gasteiger partial charge in [0.05, 0.1) is 5.56 Å². The number of amides is 1. The van der Waals surface area contributed by atoms with E-state index in [9.17, 15) is 9.59 Å². The molecule has 0 fully saturated rings. The van der Waals surface area contributed by atoms with Gasteiger partial charge in [-0.25, -0.2) is 4.79 Å². The molecule has 0 bridgehead atoms. The van der Waals surface area contributed by atoms with E-state index in [0.717, 1.165) is 22.4 Å². The maximum Gasteiger partial charge on any atom is 0.339 e. The van der Waals surface area contributed by atoms with Crippen LogP contribution in [0.2, 0.25) is 0 Å². The topological polar surface area (TPSA) is 55.4 Å². The average Bonchev–Trinajstić information content (AvgIpc) is 2.94. The fourth-order valence-corrected chi connectivity index (χ4v) is 2.77. The highest BCUT2D eigenvalue weighted by atomic mass is 32.1. The molecule has 0 unspecified atom stereocenters. The molecule has 21 heavy (non-hydrogen) atoms. The van der Waals surface area contributed by atoms with Gasteiger partial charge in [0.15, 0.2) is 6.61 Å². The molecule has 110 valence electrons. The minimum absolute atomic E-state index is 0.290. The van der Waals surface area contributed by atoms with Gasteiger partial charge in [0.25, 0.3) is 5.91 Å². The summed E-state index contributed by atoms with van der Waals surface area (Å²) in [6.45, 7) is 5.59. The van der Waals surface area contributed by atoms with Crippen molar-refractivity contribution in [3.63, 3.8) is 0 Å². The van der Waals surface area contributed by atoms with Gasteiger partial charge in [-0.3, -0.25) is 4.79 Å². The molecule has 1 heterocycles. The van der Waals surface area contributed by atoms with Crippen LogP contribution in [0.25, 0.3) is 0 Å². The molecule has 0 saturated heterocycles. The summed E-state index contributed by atoms with van der Waals surface area (Å²) in [5.41, 5.74) is 4.37. The Balaban J connectivity index is 1.95. The predicted octanol–water partition coefficient (Wildman–Crippen LogP) is 3.47. The lowest BCUT2D eigenvalue weighted by molar-refractivity contribution is -0.119. The van der Waals surface area contributed by atoms with Crippen LogP contribution in [-0.4, -0.2) is 18.5 Å². The second-order valence-electron chi connectivity index (χ2n) is 4.91. The molecule has 2 aromatic rings. The molecule has 0 atom stereocenters. The average molecular weight is 303 g/mol. The number of carbonyl (C=O) groups excluding carboxylic acids is 2. The first-order valence-corrected chi connectivity index (χ1v) is 7.48. The number of hydrogen-bond donors (Lipinski definition) is 1. The van der Waals surface area contributed by atoms with Crippen molar-refractivity contribution in [1.82, 2.24) is 0 Å². The fraction of sp³-hybridized carbons (Fsp3) is 0.250. The Kier molecular flexibility index (Phi) is 4.75. The van der Waals surface area contributed by atoms with Crippen molar-refractivity contribution in [2.24, 2.45) is 0 Å². The van der Waals surface area contributed by atoms with Crippen molar-refractivity contribution in [2.45, 2.75) is 20.8 Å². The second-order valence-corrected chi connectivity index (χ2v) is 5.69. The Hall–Kier alpha value is -2.14. The van der Waals surface area contributed by atoms with Crippen LogP contribution in [-0.2, 0) is 9.53 Å². The van der Waals surface area contributed by atoms with Crippen LogP contribution in [0.1, 0.15) is 27.0 Å². The van der Waals surface area contributed by atoms with E-state index in [-0.39, 0.29) is 12.5 Å². The van der Waals surface area contributed by atoms with Crippen molar-refractivity contribution in [3.05, 3.63) is 51.2 Å². The van der Waals surface area contributed by atoms with Gasteiger partial charge in [0.2, 0.25) is 0 Å². The zero-order chi connectivity index (χ0) is 15.4. The Labute approximate surface area is 127 Å². The summed E-state index contributed by atoms with van der Waals surface area (Å²) in [5, 5.41) is 6.27. The number of esters is 1. The Morgan fingerprint density at radius 2 is 1.86 bits per heavy atom. The first-order valence-electron chi connectivity index (χ1n) is 6.54. The Bertz CT molecular complexity index is 639. The largest absolute Gasteiger partial charge is 0.452 e. The van der Waals surface area contributed by atoms with E-state index in [1.165, 1.54) is 11.3 Å². The molecule has 4 nitrogen and oxygen atoms in total. The molecule has 1 aromatic heterocycles. The lowest BCUT2D eigenvalue weighted by atomic mass is 10.1. The SMILES string of the molecule is Cc1cc(C)c(NC(=O)COC(=O)c2ccsc2)c(C)c1. The van der Waals surface area contributed by atoms with Crippen molar-refractivity contribution in [2.75, 3.05) is 11.9 Å². The van der Waals surface area contributed by atoms with Gasteiger partial charge < -0.3 is 10.1 Å². The zero-order valence-electron chi connectivity index (χ0n) is 12.2. The van der Waals surface area contributed by atoms with Crippen LogP contribution in [0.4, 0.5) is 5.69 Å². The monoisotopic (exact) mass is 303 g/mol. The zero-order valence-corrected chi connectivity index (χ0v) is 13.0. The van der Waals surface area contributed by atoms with E-state index in [1.807, 2.05) is 32.9 Å². The van der Waals surface area contributed by atoms with E-state index < -0.39 is 5.97 Å². The van der Waals surface area contributed by atoms with E-state index in [2.05, 4.69) is 5.32 Å². The summed E-state index contributed by atoms with van der Waals surface area (Å²) in [6, 6.07) is 5.67. The number of ether oxygens (including phenoxy) is 1. The van der Waals surface area contributed by atoms with E-state index in [0.29, 0.717) is 5.56 Å². The van der Waals surface area contributed by atoms with Crippen molar-refractivity contribution in [1.29, 1.82) is 0 Å². The highest BCUT2D eigenvalue weighted by Crippen LogP contribution is 2.21. The van der Waals surface area contributed by atoms with Crippen LogP contribution in [0.3, 0.4) is 0 Å². The van der Waals surface area contributed by atoms with Gasteiger partial charge in [0, 0.05) is 11.1 Å². The first kappa shape index (κ1) is 15.3. The number of thiophene rings is 1. The molecule has 0 spiro atoms. The Morgan fingerprint density at radius 3 is 2.43 bits per heavy atom. The van der Waals surface area contributed by atoms with Crippen LogP contribution >= 0.6 is 11.3 Å². The molecule has 5 heteroatoms. The third-order valence-electron chi connectivity index (χ3n) is 3.03. The van der Waals surface area contributed by atoms with E-state index in [1.54, 1.807) is 16.8 Å². The number of anilines is 1. The van der Waals surface area contributed by atoms with Gasteiger partial charge in [0.1, 0.15) is 0 Å². The first-order chi connectivity index (χ1) is 9.97. The summed E-state index contributed by atoms with van der Waals surface area (Å²) in [6.07, 6.45) is 0. The normalized spacial score (nSPS) is 10.2. The van der Waals surface area contributed by atoms with Gasteiger partial charge in [-0.05, 0) is 43.3 Å². The molecule has 0 aliphatic carbocycles. The number of rotatable bonds is 4. The van der Waals surface area contributed by atoms with Crippen molar-refractivity contribution in [3.8, 4) is 0 Å². The number of nitrogens with one attached hydrogen (secondary N) is 1. The van der Waals surface area contributed by atoms with Crippen molar-refractivity contribution < 1.29 is 14.3 Å². The molecule has 1 amide bonds. The van der Waals surface area contributed by atoms with Gasteiger partial charge in [-0.1, -0.05) is 17.7 Å². The lowest BCUT2D eigenvalue weighted by Crippen LogP contribution is -2.21. The summed E-state index contributed by atoms with van der Waals surface area (Å²) in [7, 11) is 0. The third-order valence-corrected chi connectivity index (χ3v) is 3.72. The van der Waals surface area contributed by atoms with E-state index in [4.69, 9.17) is 4.74 Å². The molecule has 2 rings (SSSR count). The molecule has 1 aromatic carbocycles. The standard InChI is InChI=1S/C16H17NO3S/c1-10-6-11(2)15(12(3)7-10)17-14(18)8-20-16(19)13-4-5-21-9-13/h4-7,9H,8H2,1-3H3,(H,17,18). The van der Waals surface area contributed by atoms with E-state index >= 15 is 0 Å². The van der Waals surface area contributed by atoms with Crippen LogP contribution in [0.5, 0.6) is 0 Å². The van der Waals surface area contributed by atoms with Gasteiger partial charge in [-0.2, -0.15) is 11.3 Å². The number of aryl methyl sites for hydroxylation is 3. The Morgan fingerprint density at radius 1 is 1.19 bits per heavy atom. The summed E-state index contributed by atoms with van der Waals surface area (Å²) in [5.74, 6) is -0.822. The second kappa shape index (κ2) is 6.54. The summed E-state index contributed by atoms with van der Waals surface area (Å²) in [4.78, 5) is 23.5. The highest BCUT2D eigenvalue weighted by molar-refractivity contribution is 7.08. The van der Waals surface area contributed by atoms with Crippen molar-refractivity contribution >= 4 is 28.9 Å². The van der Waals surface area contributed by atoms with Crippen LogP contribution < -0.4 is 5.32 Å². The molecular formula is C16H17NO3S. The highest BCUT2D eigenvalue weighted by Gasteiger charge is 2.12. The minimum atomic E-state index is -0.483.